The Bertz CT molecular complexity index is 1040. The van der Waals surface area contributed by atoms with Crippen molar-refractivity contribution in [3.8, 4) is 0 Å². The predicted octanol–water partition coefficient (Wildman–Crippen LogP) is 4.73. The van der Waals surface area contributed by atoms with Crippen molar-refractivity contribution in [3.05, 3.63) is 65.0 Å². The van der Waals surface area contributed by atoms with E-state index in [0.717, 1.165) is 18.2 Å². The number of halogens is 7. The number of amides is 1. The monoisotopic (exact) mass is 463 g/mol. The highest BCUT2D eigenvalue weighted by Crippen LogP contribution is 2.50. The summed E-state index contributed by atoms with van der Waals surface area (Å²) in [7, 11) is 0. The number of aliphatic hydroxyl groups excluding tert-OH is 1. The molecule has 32 heavy (non-hydrogen) atoms. The maximum absolute atomic E-state index is 13.5. The summed E-state index contributed by atoms with van der Waals surface area (Å²) in [6.07, 6.45) is -12.4. The van der Waals surface area contributed by atoms with Gasteiger partial charge >= 0.3 is 12.4 Å². The number of hydrogen-bond acceptors (Lipinski definition) is 3. The maximum Gasteiger partial charge on any atom is 0.419 e. The van der Waals surface area contributed by atoms with Crippen LogP contribution in [0, 0.1) is 11.7 Å². The van der Waals surface area contributed by atoms with Crippen LogP contribution >= 0.6 is 0 Å². The molecular weight excluding hydrogens is 447 g/mol. The van der Waals surface area contributed by atoms with Gasteiger partial charge in [-0.15, -0.1) is 0 Å². The number of anilines is 1. The first-order valence-corrected chi connectivity index (χ1v) is 9.54. The van der Waals surface area contributed by atoms with Gasteiger partial charge in [0.1, 0.15) is 5.82 Å². The third-order valence-electron chi connectivity index (χ3n) is 5.77. The van der Waals surface area contributed by atoms with E-state index in [9.17, 15) is 40.6 Å². The number of aliphatic hydroxyl groups is 1. The fourth-order valence-electron chi connectivity index (χ4n) is 4.41. The number of nitrogens with one attached hydrogen (secondary N) is 1. The van der Waals surface area contributed by atoms with Gasteiger partial charge in [0, 0.05) is 18.0 Å². The van der Waals surface area contributed by atoms with Gasteiger partial charge in [-0.3, -0.25) is 4.79 Å². The molecule has 4 nitrogen and oxygen atoms in total. The topological polar surface area (TPSA) is 58.6 Å². The number of carbonyl (C=O) groups excluding carboxylic acids is 1. The summed E-state index contributed by atoms with van der Waals surface area (Å²) >= 11 is 0. The van der Waals surface area contributed by atoms with Crippen LogP contribution in [-0.2, 0) is 21.9 Å². The quantitative estimate of drug-likeness (QED) is 0.647. The van der Waals surface area contributed by atoms with Crippen molar-refractivity contribution in [1.82, 2.24) is 0 Å². The van der Waals surface area contributed by atoms with Crippen molar-refractivity contribution < 1.29 is 45.4 Å². The summed E-state index contributed by atoms with van der Waals surface area (Å²) in [5.41, 5.74) is -2.72. The van der Waals surface area contributed by atoms with Crippen LogP contribution < -0.4 is 5.32 Å². The zero-order valence-electron chi connectivity index (χ0n) is 16.0. The van der Waals surface area contributed by atoms with Gasteiger partial charge in [0.2, 0.25) is 5.91 Å². The summed E-state index contributed by atoms with van der Waals surface area (Å²) in [5, 5.41) is 12.5. The first-order chi connectivity index (χ1) is 14.9. The Morgan fingerprint density at radius 3 is 2.41 bits per heavy atom. The first-order valence-electron chi connectivity index (χ1n) is 9.54. The SMILES string of the molecule is O=C(Nc1ccc(F)c(C(F)(F)F)c1)C1C2CC(O)C(O2)C1c1cccc(C(F)(F)F)c1. The van der Waals surface area contributed by atoms with Gasteiger partial charge in [-0.05, 0) is 29.8 Å². The smallest absolute Gasteiger partial charge is 0.390 e. The first kappa shape index (κ1) is 22.5. The van der Waals surface area contributed by atoms with Crippen LogP contribution in [0.3, 0.4) is 0 Å². The number of carbonyl (C=O) groups is 1. The highest BCUT2D eigenvalue weighted by molar-refractivity contribution is 5.94. The molecule has 2 aromatic carbocycles. The maximum atomic E-state index is 13.5. The lowest BCUT2D eigenvalue weighted by Crippen LogP contribution is -2.41. The molecule has 2 aliphatic rings. The minimum atomic E-state index is -4.98. The van der Waals surface area contributed by atoms with Crippen LogP contribution in [0.4, 0.5) is 36.4 Å². The molecule has 0 aromatic heterocycles. The molecule has 5 unspecified atom stereocenters. The summed E-state index contributed by atoms with van der Waals surface area (Å²) in [6.45, 7) is 0. The Kier molecular flexibility index (Phi) is 5.44. The number of benzene rings is 2. The fourth-order valence-corrected chi connectivity index (χ4v) is 4.41. The normalized spacial score (nSPS) is 27.6. The molecule has 0 spiro atoms. The second-order valence-corrected chi connectivity index (χ2v) is 7.80. The Labute approximate surface area is 177 Å². The molecule has 5 atom stereocenters. The van der Waals surface area contributed by atoms with E-state index < -0.39 is 65.4 Å². The average Bonchev–Trinajstić information content (AvgIpc) is 3.25. The van der Waals surface area contributed by atoms with E-state index in [1.807, 2.05) is 0 Å². The molecular formula is C21H16F7NO3. The van der Waals surface area contributed by atoms with E-state index in [1.165, 1.54) is 12.1 Å². The van der Waals surface area contributed by atoms with Gasteiger partial charge < -0.3 is 15.2 Å². The molecule has 4 rings (SSSR count). The molecule has 2 aliphatic heterocycles. The van der Waals surface area contributed by atoms with Crippen LogP contribution in [0.2, 0.25) is 0 Å². The van der Waals surface area contributed by atoms with E-state index in [0.29, 0.717) is 12.1 Å². The van der Waals surface area contributed by atoms with Crippen molar-refractivity contribution in [2.45, 2.75) is 43.0 Å². The van der Waals surface area contributed by atoms with Crippen molar-refractivity contribution in [3.63, 3.8) is 0 Å². The van der Waals surface area contributed by atoms with Crippen LogP contribution in [0.25, 0.3) is 0 Å². The lowest BCUT2D eigenvalue weighted by Gasteiger charge is -2.30. The van der Waals surface area contributed by atoms with E-state index in [-0.39, 0.29) is 17.7 Å². The Morgan fingerprint density at radius 1 is 1.03 bits per heavy atom. The van der Waals surface area contributed by atoms with Crippen molar-refractivity contribution in [1.29, 1.82) is 0 Å². The molecule has 2 aromatic rings. The van der Waals surface area contributed by atoms with Crippen molar-refractivity contribution in [2.75, 3.05) is 5.32 Å². The minimum absolute atomic E-state index is 0.0510. The molecule has 2 saturated heterocycles. The molecule has 2 bridgehead atoms. The largest absolute Gasteiger partial charge is 0.419 e. The van der Waals surface area contributed by atoms with E-state index in [4.69, 9.17) is 4.74 Å². The Morgan fingerprint density at radius 2 is 1.75 bits per heavy atom. The predicted molar refractivity (Wildman–Crippen MR) is 97.0 cm³/mol. The Hall–Kier alpha value is -2.66. The van der Waals surface area contributed by atoms with Gasteiger partial charge in [-0.2, -0.15) is 26.3 Å². The molecule has 2 N–H and O–H groups in total. The van der Waals surface area contributed by atoms with Gasteiger partial charge in [0.25, 0.3) is 0 Å². The molecule has 1 amide bonds. The van der Waals surface area contributed by atoms with E-state index in [2.05, 4.69) is 5.32 Å². The van der Waals surface area contributed by atoms with Crippen LogP contribution in [0.1, 0.15) is 29.0 Å². The lowest BCUT2D eigenvalue weighted by molar-refractivity contribution is -0.140. The number of rotatable bonds is 3. The van der Waals surface area contributed by atoms with Gasteiger partial charge in [0.15, 0.2) is 0 Å². The van der Waals surface area contributed by atoms with Gasteiger partial charge in [-0.25, -0.2) is 4.39 Å². The standard InChI is InChI=1S/C21H16F7NO3/c22-13-5-4-11(7-12(13)21(26,27)28)29-19(31)17-15-8-14(30)18(32-15)16(17)9-2-1-3-10(6-9)20(23,24)25/h1-7,14-18,30H,8H2,(H,29,31). The second kappa shape index (κ2) is 7.73. The van der Waals surface area contributed by atoms with E-state index >= 15 is 0 Å². The van der Waals surface area contributed by atoms with Gasteiger partial charge in [0.05, 0.1) is 35.4 Å². The highest BCUT2D eigenvalue weighted by atomic mass is 19.4. The molecule has 11 heteroatoms. The van der Waals surface area contributed by atoms with Crippen LogP contribution in [-0.4, -0.2) is 29.3 Å². The minimum Gasteiger partial charge on any atom is -0.390 e. The van der Waals surface area contributed by atoms with Crippen LogP contribution in [0.15, 0.2) is 42.5 Å². The van der Waals surface area contributed by atoms with Crippen LogP contribution in [0.5, 0.6) is 0 Å². The van der Waals surface area contributed by atoms with Crippen molar-refractivity contribution >= 4 is 11.6 Å². The zero-order valence-corrected chi connectivity index (χ0v) is 16.0. The summed E-state index contributed by atoms with van der Waals surface area (Å²) in [5.74, 6) is -4.32. The summed E-state index contributed by atoms with van der Waals surface area (Å²) in [4.78, 5) is 13.0. The third-order valence-corrected chi connectivity index (χ3v) is 5.77. The molecule has 0 saturated carbocycles. The van der Waals surface area contributed by atoms with Crippen molar-refractivity contribution in [2.24, 2.45) is 5.92 Å². The summed E-state index contributed by atoms with van der Waals surface area (Å²) < 4.78 is 97.4. The third kappa shape index (κ3) is 4.06. The summed E-state index contributed by atoms with van der Waals surface area (Å²) in [6, 6.07) is 6.21. The average molecular weight is 463 g/mol. The van der Waals surface area contributed by atoms with Gasteiger partial charge in [-0.1, -0.05) is 18.2 Å². The number of ether oxygens (including phenoxy) is 1. The molecule has 0 radical (unpaired) electrons. The lowest BCUT2D eigenvalue weighted by atomic mass is 9.73. The number of fused-ring (bicyclic) bond motifs is 2. The molecule has 172 valence electrons. The Balaban J connectivity index is 1.65. The van der Waals surface area contributed by atoms with E-state index in [1.54, 1.807) is 0 Å². The highest BCUT2D eigenvalue weighted by Gasteiger charge is 2.57. The second-order valence-electron chi connectivity index (χ2n) is 7.80. The zero-order chi connectivity index (χ0) is 23.4. The molecule has 0 aliphatic carbocycles. The molecule has 2 fully saturated rings. The fraction of sp³-hybridized carbons (Fsp3) is 0.381. The number of alkyl halides is 6. The molecule has 2 heterocycles. The number of hydrogen-bond donors (Lipinski definition) is 2.